The van der Waals surface area contributed by atoms with Gasteiger partial charge in [0.15, 0.2) is 5.96 Å². The van der Waals surface area contributed by atoms with Gasteiger partial charge in [0.1, 0.15) is 0 Å². The Morgan fingerprint density at radius 1 is 1.17 bits per heavy atom. The highest BCUT2D eigenvalue weighted by Crippen LogP contribution is 2.08. The average Bonchev–Trinajstić information content (AvgIpc) is 3.06. The topological polar surface area (TPSA) is 30.9 Å². The summed E-state index contributed by atoms with van der Waals surface area (Å²) in [5, 5.41) is 3.48. The molecule has 0 radical (unpaired) electrons. The Morgan fingerprint density at radius 3 is 2.52 bits per heavy atom. The van der Waals surface area contributed by atoms with Crippen LogP contribution in [0.4, 0.5) is 0 Å². The molecule has 1 aliphatic heterocycles. The summed E-state index contributed by atoms with van der Waals surface area (Å²) >= 11 is 0. The highest BCUT2D eigenvalue weighted by atomic mass is 15.3. The van der Waals surface area contributed by atoms with E-state index in [2.05, 4.69) is 58.3 Å². The molecule has 0 bridgehead atoms. The van der Waals surface area contributed by atoms with E-state index >= 15 is 0 Å². The van der Waals surface area contributed by atoms with Crippen LogP contribution in [0.15, 0.2) is 29.3 Å². The van der Waals surface area contributed by atoms with Crippen LogP contribution in [0, 0.1) is 6.92 Å². The number of benzene rings is 1. The Labute approximate surface area is 141 Å². The van der Waals surface area contributed by atoms with Crippen LogP contribution in [0.3, 0.4) is 0 Å². The van der Waals surface area contributed by atoms with E-state index in [0.717, 1.165) is 19.0 Å². The van der Waals surface area contributed by atoms with Gasteiger partial charge in [0.2, 0.25) is 0 Å². The maximum Gasteiger partial charge on any atom is 0.193 e. The van der Waals surface area contributed by atoms with Crippen LogP contribution >= 0.6 is 0 Å². The molecule has 23 heavy (non-hydrogen) atoms. The fourth-order valence-corrected chi connectivity index (χ4v) is 3.09. The second-order valence-corrected chi connectivity index (χ2v) is 6.57. The number of nitrogens with one attached hydrogen (secondary N) is 1. The maximum atomic E-state index is 4.40. The van der Waals surface area contributed by atoms with Crippen molar-refractivity contribution in [3.05, 3.63) is 35.4 Å². The minimum atomic E-state index is 0.883. The molecule has 1 heterocycles. The van der Waals surface area contributed by atoms with Gasteiger partial charge in [-0.2, -0.15) is 0 Å². The SMILES string of the molecule is CN=C(NCCCCN1CCCC1)N(C)Cc1ccc(C)cc1. The van der Waals surface area contributed by atoms with E-state index in [4.69, 9.17) is 0 Å². The number of likely N-dealkylation sites (tertiary alicyclic amines) is 1. The summed E-state index contributed by atoms with van der Waals surface area (Å²) in [6, 6.07) is 8.71. The highest BCUT2D eigenvalue weighted by Gasteiger charge is 2.10. The standard InChI is InChI=1S/C19H32N4/c1-17-8-10-18(11-9-17)16-22(3)19(20-2)21-12-4-5-13-23-14-6-7-15-23/h8-11H,4-7,12-16H2,1-3H3,(H,20,21). The largest absolute Gasteiger partial charge is 0.356 e. The van der Waals surface area contributed by atoms with Gasteiger partial charge in [-0.05, 0) is 57.8 Å². The minimum absolute atomic E-state index is 0.883. The molecule has 0 aromatic heterocycles. The van der Waals surface area contributed by atoms with Crippen LogP contribution < -0.4 is 5.32 Å². The summed E-state index contributed by atoms with van der Waals surface area (Å²) in [5.74, 6) is 0.978. The first-order valence-corrected chi connectivity index (χ1v) is 8.89. The van der Waals surface area contributed by atoms with E-state index in [1.807, 2.05) is 7.05 Å². The normalized spacial score (nSPS) is 15.9. The van der Waals surface area contributed by atoms with Crippen molar-refractivity contribution in [3.8, 4) is 0 Å². The number of hydrogen-bond donors (Lipinski definition) is 1. The predicted molar refractivity (Wildman–Crippen MR) is 98.9 cm³/mol. The number of guanidine groups is 1. The van der Waals surface area contributed by atoms with Gasteiger partial charge in [-0.3, -0.25) is 4.99 Å². The molecule has 4 heteroatoms. The molecular formula is C19H32N4. The second-order valence-electron chi connectivity index (χ2n) is 6.57. The van der Waals surface area contributed by atoms with Crippen LogP contribution in [0.1, 0.15) is 36.8 Å². The predicted octanol–water partition coefficient (Wildman–Crippen LogP) is 2.88. The number of rotatable bonds is 7. The third-order valence-electron chi connectivity index (χ3n) is 4.50. The third-order valence-corrected chi connectivity index (χ3v) is 4.50. The maximum absolute atomic E-state index is 4.40. The van der Waals surface area contributed by atoms with Crippen molar-refractivity contribution >= 4 is 5.96 Å². The summed E-state index contributed by atoms with van der Waals surface area (Å²) in [6.45, 7) is 7.85. The van der Waals surface area contributed by atoms with Gasteiger partial charge in [-0.1, -0.05) is 29.8 Å². The number of nitrogens with zero attached hydrogens (tertiary/aromatic N) is 3. The van der Waals surface area contributed by atoms with E-state index in [1.165, 1.54) is 56.4 Å². The van der Waals surface area contributed by atoms with Crippen molar-refractivity contribution in [1.29, 1.82) is 0 Å². The average molecular weight is 316 g/mol. The quantitative estimate of drug-likeness (QED) is 0.477. The van der Waals surface area contributed by atoms with E-state index in [-0.39, 0.29) is 0 Å². The van der Waals surface area contributed by atoms with Gasteiger partial charge in [0, 0.05) is 27.2 Å². The number of hydrogen-bond acceptors (Lipinski definition) is 2. The summed E-state index contributed by atoms with van der Waals surface area (Å²) in [5.41, 5.74) is 2.62. The number of aliphatic imine (C=N–C) groups is 1. The molecule has 0 saturated carbocycles. The molecule has 1 aromatic carbocycles. The Morgan fingerprint density at radius 2 is 1.87 bits per heavy atom. The van der Waals surface area contributed by atoms with E-state index in [0.29, 0.717) is 0 Å². The zero-order chi connectivity index (χ0) is 16.5. The molecule has 128 valence electrons. The van der Waals surface area contributed by atoms with Crippen molar-refractivity contribution < 1.29 is 0 Å². The van der Waals surface area contributed by atoms with E-state index < -0.39 is 0 Å². The van der Waals surface area contributed by atoms with Crippen molar-refractivity contribution in [3.63, 3.8) is 0 Å². The fourth-order valence-electron chi connectivity index (χ4n) is 3.09. The molecule has 0 aliphatic carbocycles. The molecule has 0 unspecified atom stereocenters. The molecule has 1 aliphatic rings. The molecule has 4 nitrogen and oxygen atoms in total. The van der Waals surface area contributed by atoms with Crippen LogP contribution in [-0.2, 0) is 6.54 Å². The molecule has 0 amide bonds. The Kier molecular flexibility index (Phi) is 7.40. The molecule has 1 N–H and O–H groups in total. The third kappa shape index (κ3) is 6.22. The smallest absolute Gasteiger partial charge is 0.193 e. The lowest BCUT2D eigenvalue weighted by atomic mass is 10.1. The van der Waals surface area contributed by atoms with Gasteiger partial charge >= 0.3 is 0 Å². The van der Waals surface area contributed by atoms with Gasteiger partial charge < -0.3 is 15.1 Å². The first kappa shape index (κ1) is 17.8. The summed E-state index contributed by atoms with van der Waals surface area (Å²) in [7, 11) is 3.96. The first-order chi connectivity index (χ1) is 11.2. The van der Waals surface area contributed by atoms with Crippen LogP contribution in [0.25, 0.3) is 0 Å². The number of aryl methyl sites for hydroxylation is 1. The van der Waals surface area contributed by atoms with Gasteiger partial charge in [0.05, 0.1) is 0 Å². The lowest BCUT2D eigenvalue weighted by Crippen LogP contribution is -2.39. The molecule has 1 aromatic rings. The van der Waals surface area contributed by atoms with E-state index in [9.17, 15) is 0 Å². The van der Waals surface area contributed by atoms with E-state index in [1.54, 1.807) is 0 Å². The van der Waals surface area contributed by atoms with Gasteiger partial charge in [-0.25, -0.2) is 0 Å². The molecule has 1 saturated heterocycles. The molecule has 0 atom stereocenters. The zero-order valence-corrected chi connectivity index (χ0v) is 15.0. The minimum Gasteiger partial charge on any atom is -0.356 e. The van der Waals surface area contributed by atoms with Crippen molar-refractivity contribution in [2.45, 2.75) is 39.2 Å². The van der Waals surface area contributed by atoms with Crippen molar-refractivity contribution in [2.75, 3.05) is 40.3 Å². The zero-order valence-electron chi connectivity index (χ0n) is 15.0. The van der Waals surface area contributed by atoms with Gasteiger partial charge in [0.25, 0.3) is 0 Å². The molecular weight excluding hydrogens is 284 g/mol. The summed E-state index contributed by atoms with van der Waals surface area (Å²) in [4.78, 5) is 9.17. The number of unbranched alkanes of at least 4 members (excludes halogenated alkanes) is 1. The Hall–Kier alpha value is -1.55. The second kappa shape index (κ2) is 9.56. The molecule has 2 rings (SSSR count). The van der Waals surface area contributed by atoms with Crippen LogP contribution in [0.5, 0.6) is 0 Å². The Balaban J connectivity index is 1.66. The summed E-state index contributed by atoms with van der Waals surface area (Å²) in [6.07, 6.45) is 5.24. The van der Waals surface area contributed by atoms with Gasteiger partial charge in [-0.15, -0.1) is 0 Å². The lowest BCUT2D eigenvalue weighted by molar-refractivity contribution is 0.330. The molecule has 0 spiro atoms. The Bertz CT molecular complexity index is 475. The molecule has 1 fully saturated rings. The highest BCUT2D eigenvalue weighted by molar-refractivity contribution is 5.79. The van der Waals surface area contributed by atoms with Crippen LogP contribution in [0.2, 0.25) is 0 Å². The van der Waals surface area contributed by atoms with Crippen molar-refractivity contribution in [1.82, 2.24) is 15.1 Å². The summed E-state index contributed by atoms with van der Waals surface area (Å²) < 4.78 is 0. The van der Waals surface area contributed by atoms with Crippen molar-refractivity contribution in [2.24, 2.45) is 4.99 Å². The van der Waals surface area contributed by atoms with Crippen LogP contribution in [-0.4, -0.2) is 56.0 Å². The monoisotopic (exact) mass is 316 g/mol. The first-order valence-electron chi connectivity index (χ1n) is 8.89. The lowest BCUT2D eigenvalue weighted by Gasteiger charge is -2.22. The fraction of sp³-hybridized carbons (Fsp3) is 0.632.